The van der Waals surface area contributed by atoms with Gasteiger partial charge in [-0.2, -0.15) is 0 Å². The molecule has 0 aromatic carbocycles. The van der Waals surface area contributed by atoms with Crippen molar-refractivity contribution in [2.45, 2.75) is 59.5 Å². The maximum absolute atomic E-state index is 11.7. The highest BCUT2D eigenvalue weighted by molar-refractivity contribution is 8.13. The third-order valence-electron chi connectivity index (χ3n) is 3.38. The Hall–Kier alpha value is -0.490. The van der Waals surface area contributed by atoms with Gasteiger partial charge in [-0.15, -0.1) is 0 Å². The molecule has 7 heteroatoms. The van der Waals surface area contributed by atoms with Gasteiger partial charge in [-0.3, -0.25) is 0 Å². The number of carbonyl (C=O) groups excluding carboxylic acids is 1. The summed E-state index contributed by atoms with van der Waals surface area (Å²) in [4.78, 5) is 11.7. The lowest BCUT2D eigenvalue weighted by Gasteiger charge is -2.32. The zero-order valence-electron chi connectivity index (χ0n) is 13.0. The second-order valence-corrected chi connectivity index (χ2v) is 8.95. The summed E-state index contributed by atoms with van der Waals surface area (Å²) in [6, 6.07) is 0. The lowest BCUT2D eigenvalue weighted by atomic mass is 9.80. The molecule has 0 unspecified atom stereocenters. The van der Waals surface area contributed by atoms with E-state index in [9.17, 15) is 13.2 Å². The van der Waals surface area contributed by atoms with Crippen LogP contribution in [0.5, 0.6) is 0 Å². The topological polar surface area (TPSA) is 72.5 Å². The van der Waals surface area contributed by atoms with Crippen molar-refractivity contribution in [2.75, 3.05) is 12.3 Å². The first kappa shape index (κ1) is 19.5. The number of alkyl carbamates (subject to hydrolysis) is 1. The molecule has 1 N–H and O–H groups in total. The Morgan fingerprint density at radius 2 is 1.70 bits per heavy atom. The SMILES string of the molecule is CCC(CC)(CCS(=O)(=O)Cl)CNC(=O)OC(C)(C)C. The molecule has 20 heavy (non-hydrogen) atoms. The van der Waals surface area contributed by atoms with Crippen LogP contribution in [0.1, 0.15) is 53.9 Å². The molecule has 0 aliphatic rings. The standard InChI is InChI=1S/C13H26ClNO4S/c1-6-13(7-2,8-9-20(14,17)18)10-15-11(16)19-12(3,4)5/h6-10H2,1-5H3,(H,15,16). The van der Waals surface area contributed by atoms with Gasteiger partial charge in [0.15, 0.2) is 0 Å². The van der Waals surface area contributed by atoms with Gasteiger partial charge in [-0.05, 0) is 45.4 Å². The number of hydrogen-bond acceptors (Lipinski definition) is 4. The van der Waals surface area contributed by atoms with Crippen LogP contribution in [0.2, 0.25) is 0 Å². The highest BCUT2D eigenvalue weighted by Crippen LogP contribution is 2.31. The van der Waals surface area contributed by atoms with E-state index in [2.05, 4.69) is 5.32 Å². The Labute approximate surface area is 126 Å². The van der Waals surface area contributed by atoms with Crippen molar-refractivity contribution in [1.29, 1.82) is 0 Å². The van der Waals surface area contributed by atoms with Gasteiger partial charge in [0.2, 0.25) is 9.05 Å². The smallest absolute Gasteiger partial charge is 0.407 e. The van der Waals surface area contributed by atoms with Crippen LogP contribution in [-0.4, -0.2) is 32.4 Å². The van der Waals surface area contributed by atoms with Crippen molar-refractivity contribution in [3.8, 4) is 0 Å². The first-order chi connectivity index (χ1) is 8.93. The lowest BCUT2D eigenvalue weighted by Crippen LogP contribution is -2.40. The summed E-state index contributed by atoms with van der Waals surface area (Å²) in [5.74, 6) is -0.0910. The molecule has 0 aromatic heterocycles. The van der Waals surface area contributed by atoms with Crippen molar-refractivity contribution in [3.05, 3.63) is 0 Å². The monoisotopic (exact) mass is 327 g/mol. The molecule has 120 valence electrons. The molecule has 0 bridgehead atoms. The van der Waals surface area contributed by atoms with E-state index in [0.717, 1.165) is 12.8 Å². The van der Waals surface area contributed by atoms with Crippen molar-refractivity contribution in [3.63, 3.8) is 0 Å². The Bertz CT molecular complexity index is 411. The summed E-state index contributed by atoms with van der Waals surface area (Å²) in [6.45, 7) is 9.70. The average Bonchev–Trinajstić information content (AvgIpc) is 2.27. The Balaban J connectivity index is 4.57. The molecule has 0 aliphatic carbocycles. The molecule has 0 atom stereocenters. The Morgan fingerprint density at radius 3 is 2.05 bits per heavy atom. The Kier molecular flexibility index (Phi) is 7.32. The predicted molar refractivity (Wildman–Crippen MR) is 81.5 cm³/mol. The molecule has 0 fully saturated rings. The highest BCUT2D eigenvalue weighted by atomic mass is 35.7. The maximum Gasteiger partial charge on any atom is 0.407 e. The quantitative estimate of drug-likeness (QED) is 0.728. The molecule has 0 aromatic rings. The van der Waals surface area contributed by atoms with Crippen LogP contribution in [0.25, 0.3) is 0 Å². The summed E-state index contributed by atoms with van der Waals surface area (Å²) in [6.07, 6.45) is 1.44. The molecule has 1 amide bonds. The normalized spacial score (nSPS) is 13.1. The molecule has 0 aliphatic heterocycles. The minimum atomic E-state index is -3.52. The van der Waals surface area contributed by atoms with Crippen LogP contribution >= 0.6 is 10.7 Å². The van der Waals surface area contributed by atoms with Crippen LogP contribution in [0.3, 0.4) is 0 Å². The molecular formula is C13H26ClNO4S. The van der Waals surface area contributed by atoms with Crippen LogP contribution in [0.15, 0.2) is 0 Å². The summed E-state index contributed by atoms with van der Waals surface area (Å²) in [5.41, 5.74) is -0.830. The van der Waals surface area contributed by atoms with E-state index in [0.29, 0.717) is 13.0 Å². The first-order valence-electron chi connectivity index (χ1n) is 6.82. The Morgan fingerprint density at radius 1 is 1.20 bits per heavy atom. The largest absolute Gasteiger partial charge is 0.444 e. The van der Waals surface area contributed by atoms with Gasteiger partial charge in [-0.25, -0.2) is 13.2 Å². The molecule has 5 nitrogen and oxygen atoms in total. The highest BCUT2D eigenvalue weighted by Gasteiger charge is 2.29. The van der Waals surface area contributed by atoms with Gasteiger partial charge in [-0.1, -0.05) is 13.8 Å². The van der Waals surface area contributed by atoms with E-state index in [1.807, 2.05) is 13.8 Å². The lowest BCUT2D eigenvalue weighted by molar-refractivity contribution is 0.0494. The number of ether oxygens (including phenoxy) is 1. The van der Waals surface area contributed by atoms with Gasteiger partial charge in [0.25, 0.3) is 0 Å². The van der Waals surface area contributed by atoms with Crippen LogP contribution in [-0.2, 0) is 13.8 Å². The van der Waals surface area contributed by atoms with Gasteiger partial charge < -0.3 is 10.1 Å². The van der Waals surface area contributed by atoms with E-state index in [-0.39, 0.29) is 11.2 Å². The van der Waals surface area contributed by atoms with Gasteiger partial charge >= 0.3 is 6.09 Å². The van der Waals surface area contributed by atoms with E-state index in [1.165, 1.54) is 0 Å². The minimum Gasteiger partial charge on any atom is -0.444 e. The summed E-state index contributed by atoms with van der Waals surface area (Å²) in [5, 5.41) is 2.72. The van der Waals surface area contributed by atoms with Crippen molar-refractivity contribution in [1.82, 2.24) is 5.32 Å². The average molecular weight is 328 g/mol. The fourth-order valence-electron chi connectivity index (χ4n) is 1.85. The maximum atomic E-state index is 11.7. The van der Waals surface area contributed by atoms with Crippen molar-refractivity contribution in [2.24, 2.45) is 5.41 Å². The fourth-order valence-corrected chi connectivity index (χ4v) is 2.76. The molecule has 0 saturated carbocycles. The molecule has 0 heterocycles. The second kappa shape index (κ2) is 7.50. The molecular weight excluding hydrogens is 302 g/mol. The van der Waals surface area contributed by atoms with Crippen molar-refractivity contribution < 1.29 is 17.9 Å². The molecule has 0 saturated heterocycles. The summed E-state index contributed by atoms with van der Waals surface area (Å²) < 4.78 is 27.4. The molecule has 0 spiro atoms. The number of halogens is 1. The van der Waals surface area contributed by atoms with Crippen LogP contribution in [0, 0.1) is 5.41 Å². The van der Waals surface area contributed by atoms with Gasteiger partial charge in [0.1, 0.15) is 5.60 Å². The van der Waals surface area contributed by atoms with E-state index >= 15 is 0 Å². The third kappa shape index (κ3) is 8.64. The van der Waals surface area contributed by atoms with E-state index in [1.54, 1.807) is 20.8 Å². The number of nitrogens with one attached hydrogen (secondary N) is 1. The van der Waals surface area contributed by atoms with E-state index < -0.39 is 20.7 Å². The summed E-state index contributed by atoms with van der Waals surface area (Å²) >= 11 is 0. The van der Waals surface area contributed by atoms with E-state index in [4.69, 9.17) is 15.4 Å². The zero-order chi connectivity index (χ0) is 16.0. The number of hydrogen-bond donors (Lipinski definition) is 1. The number of rotatable bonds is 7. The predicted octanol–water partition coefficient (Wildman–Crippen LogP) is 3.28. The molecule has 0 rings (SSSR count). The van der Waals surface area contributed by atoms with Crippen LogP contribution < -0.4 is 5.32 Å². The molecule has 0 radical (unpaired) electrons. The van der Waals surface area contributed by atoms with Crippen molar-refractivity contribution >= 4 is 25.8 Å². The zero-order valence-corrected chi connectivity index (χ0v) is 14.5. The van der Waals surface area contributed by atoms with Gasteiger partial charge in [0, 0.05) is 17.2 Å². The number of carbonyl (C=O) groups is 1. The van der Waals surface area contributed by atoms with Crippen LogP contribution in [0.4, 0.5) is 4.79 Å². The summed E-state index contributed by atoms with van der Waals surface area (Å²) in [7, 11) is 1.75. The van der Waals surface area contributed by atoms with Gasteiger partial charge in [0.05, 0.1) is 5.75 Å². The minimum absolute atomic E-state index is 0.0910. The first-order valence-corrected chi connectivity index (χ1v) is 9.30. The fraction of sp³-hybridized carbons (Fsp3) is 0.923. The number of amides is 1. The third-order valence-corrected chi connectivity index (χ3v) is 4.54. The second-order valence-electron chi connectivity index (χ2n) is 6.06.